The fraction of sp³-hybridized carbons (Fsp3) is 0.346. The van der Waals surface area contributed by atoms with E-state index in [0.717, 1.165) is 23.3 Å². The Morgan fingerprint density at radius 2 is 0.875 bits per heavy atom. The molecule has 0 heterocycles. The predicted octanol–water partition coefficient (Wildman–Crippen LogP) is 13.1. The van der Waals surface area contributed by atoms with Gasteiger partial charge in [0.25, 0.3) is 0 Å². The molecule has 0 aliphatic rings. The molecule has 338 valence electrons. The van der Waals surface area contributed by atoms with Gasteiger partial charge in [0, 0.05) is 24.0 Å². The van der Waals surface area contributed by atoms with Crippen molar-refractivity contribution >= 4 is 33.5 Å². The van der Waals surface area contributed by atoms with Gasteiger partial charge in [-0.1, -0.05) is 125 Å². The molecule has 0 amide bonds. The normalized spacial score (nSPS) is 15.0. The summed E-state index contributed by atoms with van der Waals surface area (Å²) in [7, 11) is 0. The van der Waals surface area contributed by atoms with Gasteiger partial charge in [-0.3, -0.25) is 11.5 Å². The average molecular weight is 885 g/mol. The van der Waals surface area contributed by atoms with Crippen LogP contribution in [0, 0.1) is 0 Å². The number of hydrogen-bond donors (Lipinski definition) is 2. The van der Waals surface area contributed by atoms with Crippen molar-refractivity contribution in [3.05, 3.63) is 166 Å². The number of rotatable bonds is 16. The van der Waals surface area contributed by atoms with Crippen LogP contribution in [0.25, 0.3) is 21.5 Å². The van der Waals surface area contributed by atoms with Crippen molar-refractivity contribution in [2.45, 2.75) is 115 Å². The molecular weight excluding hydrogens is 831 g/mol. The maximum Gasteiger partial charge on any atom is 0.419 e. The Labute approximate surface area is 369 Å². The van der Waals surface area contributed by atoms with E-state index in [-0.39, 0.29) is 24.7 Å². The van der Waals surface area contributed by atoms with E-state index in [4.69, 9.17) is 20.9 Å². The molecule has 6 aromatic carbocycles. The molecule has 6 aromatic rings. The molecule has 4 N–H and O–H groups in total. The largest absolute Gasteiger partial charge is 0.431 e. The van der Waals surface area contributed by atoms with Crippen molar-refractivity contribution in [1.29, 1.82) is 0 Å². The first-order chi connectivity index (χ1) is 30.3. The van der Waals surface area contributed by atoms with Crippen LogP contribution in [0.2, 0.25) is 0 Å². The second-order valence-corrected chi connectivity index (χ2v) is 16.7. The molecule has 0 bridgehead atoms. The molecule has 0 aliphatic carbocycles. The van der Waals surface area contributed by atoms with Crippen LogP contribution in [-0.4, -0.2) is 11.9 Å². The van der Waals surface area contributed by atoms with Gasteiger partial charge in [0.1, 0.15) is 0 Å². The van der Waals surface area contributed by atoms with Crippen molar-refractivity contribution in [1.82, 2.24) is 0 Å². The molecule has 4 atom stereocenters. The lowest BCUT2D eigenvalue weighted by Gasteiger charge is -2.34. The number of alkyl halides is 6. The van der Waals surface area contributed by atoms with E-state index in [1.807, 2.05) is 52.0 Å². The lowest BCUT2D eigenvalue weighted by Crippen LogP contribution is -2.48. The summed E-state index contributed by atoms with van der Waals surface area (Å²) in [6.07, 6.45) is -6.70. The molecule has 0 fully saturated rings. The molecule has 0 spiro atoms. The summed E-state index contributed by atoms with van der Waals surface area (Å²) in [5, 5.41) is 2.32. The van der Waals surface area contributed by atoms with Gasteiger partial charge in [-0.2, -0.15) is 26.3 Å². The monoisotopic (exact) mass is 884 g/mol. The lowest BCUT2D eigenvalue weighted by atomic mass is 9.86. The van der Waals surface area contributed by atoms with Crippen molar-refractivity contribution in [3.8, 4) is 0 Å². The predicted molar refractivity (Wildman–Crippen MR) is 238 cm³/mol. The van der Waals surface area contributed by atoms with Crippen LogP contribution in [0.15, 0.2) is 121 Å². The summed E-state index contributed by atoms with van der Waals surface area (Å²) in [6, 6.07) is 32.6. The van der Waals surface area contributed by atoms with E-state index in [1.165, 1.54) is 12.1 Å². The molecule has 0 saturated carbocycles. The molecule has 12 heteroatoms. The minimum Gasteiger partial charge on any atom is -0.431 e. The number of ether oxygens (including phenoxy) is 2. The number of aryl methyl sites for hydroxylation is 2. The molecule has 6 rings (SSSR count). The number of carbonyl (C=O) groups excluding carboxylic acids is 2. The van der Waals surface area contributed by atoms with Crippen LogP contribution in [-0.2, 0) is 55.7 Å². The third kappa shape index (κ3) is 10.8. The number of fused-ring (bicyclic) bond motifs is 2. The highest BCUT2D eigenvalue weighted by Crippen LogP contribution is 2.40. The minimum absolute atomic E-state index is 0.0127. The second-order valence-electron chi connectivity index (χ2n) is 16.7. The number of benzene rings is 6. The maximum atomic E-state index is 14.0. The molecule has 0 radical (unpaired) electrons. The van der Waals surface area contributed by atoms with Crippen molar-refractivity contribution < 1.29 is 45.4 Å². The Hall–Kier alpha value is -5.72. The van der Waals surface area contributed by atoms with Gasteiger partial charge >= 0.3 is 24.3 Å². The highest BCUT2D eigenvalue weighted by Gasteiger charge is 2.41. The number of esters is 2. The van der Waals surface area contributed by atoms with Gasteiger partial charge in [0.15, 0.2) is 11.4 Å². The van der Waals surface area contributed by atoms with E-state index in [2.05, 4.69) is 0 Å². The number of halogens is 6. The van der Waals surface area contributed by atoms with E-state index in [1.54, 1.807) is 72.8 Å². The van der Waals surface area contributed by atoms with Crippen LogP contribution in [0.1, 0.15) is 123 Å². The summed E-state index contributed by atoms with van der Waals surface area (Å²) in [5.74, 6) is -3.49. The number of nitrogens with two attached hydrogens (primary N) is 2. The standard InChI is InChI=1S/C52H54F6N2O4/c1-5-35-19-9-13-25-45(35)49(59,27-15-17-33(3)43-31-39(51(53,54)55)29-37-21-7-11-23-41(37)43)63-47(61)48(62)64-50(60,46-26-14-10-20-36(46)6-2)28-16-18-34(4)44-32-40(52(56,57)58)30-38-22-8-12-24-42(38)44/h7-14,19-26,29-34H,5-6,15-18,27-28,59-60H2,1-4H3. The second kappa shape index (κ2) is 19.6. The summed E-state index contributed by atoms with van der Waals surface area (Å²) < 4.78 is 95.6. The van der Waals surface area contributed by atoms with Crippen molar-refractivity contribution in [2.75, 3.05) is 0 Å². The third-order valence-electron chi connectivity index (χ3n) is 12.3. The Kier molecular flexibility index (Phi) is 14.6. The molecule has 0 aromatic heterocycles. The lowest BCUT2D eigenvalue weighted by molar-refractivity contribution is -0.188. The number of hydrogen-bond acceptors (Lipinski definition) is 6. The zero-order valence-corrected chi connectivity index (χ0v) is 36.4. The third-order valence-corrected chi connectivity index (χ3v) is 12.3. The zero-order valence-electron chi connectivity index (χ0n) is 36.4. The highest BCUT2D eigenvalue weighted by molar-refractivity contribution is 6.30. The van der Waals surface area contributed by atoms with Gasteiger partial charge in [-0.15, -0.1) is 0 Å². The summed E-state index contributed by atoms with van der Waals surface area (Å²) in [6.45, 7) is 7.48. The summed E-state index contributed by atoms with van der Waals surface area (Å²) in [5.41, 5.74) is 12.3. The Morgan fingerprint density at radius 1 is 0.531 bits per heavy atom. The summed E-state index contributed by atoms with van der Waals surface area (Å²) >= 11 is 0. The molecule has 0 saturated heterocycles. The molecular formula is C52H54F6N2O4. The fourth-order valence-electron chi connectivity index (χ4n) is 8.85. The Bertz CT molecular complexity index is 2430. The Balaban J connectivity index is 1.23. The highest BCUT2D eigenvalue weighted by atomic mass is 19.4. The number of carbonyl (C=O) groups is 2. The average Bonchev–Trinajstić information content (AvgIpc) is 3.27. The van der Waals surface area contributed by atoms with Gasteiger partial charge in [0.05, 0.1) is 11.1 Å². The smallest absolute Gasteiger partial charge is 0.419 e. The summed E-state index contributed by atoms with van der Waals surface area (Å²) in [4.78, 5) is 27.9. The van der Waals surface area contributed by atoms with Gasteiger partial charge in [-0.05, 0) is 118 Å². The Morgan fingerprint density at radius 3 is 1.23 bits per heavy atom. The van der Waals surface area contributed by atoms with Crippen LogP contribution < -0.4 is 11.5 Å². The van der Waals surface area contributed by atoms with Crippen molar-refractivity contribution in [2.24, 2.45) is 11.5 Å². The quantitative estimate of drug-likeness (QED) is 0.0434. The molecule has 4 unspecified atom stereocenters. The van der Waals surface area contributed by atoms with E-state index in [9.17, 15) is 35.9 Å². The topological polar surface area (TPSA) is 105 Å². The first kappa shape index (κ1) is 47.8. The van der Waals surface area contributed by atoms with Gasteiger partial charge < -0.3 is 9.47 Å². The minimum atomic E-state index is -4.54. The van der Waals surface area contributed by atoms with Crippen LogP contribution in [0.3, 0.4) is 0 Å². The van der Waals surface area contributed by atoms with Crippen LogP contribution in [0.5, 0.6) is 0 Å². The zero-order chi connectivity index (χ0) is 46.5. The van der Waals surface area contributed by atoms with Gasteiger partial charge in [-0.25, -0.2) is 9.59 Å². The SMILES string of the molecule is CCc1ccccc1C(N)(CCCC(C)c1cc(C(F)(F)F)cc2ccccc12)OC(=O)C(=O)OC(N)(CCCC(C)c1cc(C(F)(F)F)cc2ccccc12)c1ccccc1CC. The van der Waals surface area contributed by atoms with E-state index >= 15 is 0 Å². The van der Waals surface area contributed by atoms with Crippen molar-refractivity contribution in [3.63, 3.8) is 0 Å². The van der Waals surface area contributed by atoms with Crippen LogP contribution in [0.4, 0.5) is 26.3 Å². The van der Waals surface area contributed by atoms with E-state index in [0.29, 0.717) is 82.3 Å². The maximum absolute atomic E-state index is 14.0. The van der Waals surface area contributed by atoms with Gasteiger partial charge in [0.2, 0.25) is 0 Å². The van der Waals surface area contributed by atoms with Crippen LogP contribution >= 0.6 is 0 Å². The molecule has 64 heavy (non-hydrogen) atoms. The first-order valence-electron chi connectivity index (χ1n) is 21.7. The van der Waals surface area contributed by atoms with E-state index < -0.39 is 46.9 Å². The first-order valence-corrected chi connectivity index (χ1v) is 21.7. The molecule has 6 nitrogen and oxygen atoms in total. The molecule has 0 aliphatic heterocycles. The fourth-order valence-corrected chi connectivity index (χ4v) is 8.85.